The lowest BCUT2D eigenvalue weighted by Gasteiger charge is -2.10. The van der Waals surface area contributed by atoms with Gasteiger partial charge in [0.2, 0.25) is 5.91 Å². The van der Waals surface area contributed by atoms with Gasteiger partial charge in [-0.25, -0.2) is 4.98 Å². The van der Waals surface area contributed by atoms with Gasteiger partial charge in [0.05, 0.1) is 11.3 Å². The van der Waals surface area contributed by atoms with Gasteiger partial charge in [-0.1, -0.05) is 13.8 Å². The van der Waals surface area contributed by atoms with Gasteiger partial charge in [-0.2, -0.15) is 13.2 Å². The van der Waals surface area contributed by atoms with Gasteiger partial charge >= 0.3 is 6.18 Å². The van der Waals surface area contributed by atoms with E-state index in [4.69, 9.17) is 0 Å². The summed E-state index contributed by atoms with van der Waals surface area (Å²) in [5, 5.41) is 4.61. The van der Waals surface area contributed by atoms with E-state index in [-0.39, 0.29) is 5.92 Å². The molecule has 0 aliphatic rings. The van der Waals surface area contributed by atoms with Crippen LogP contribution in [-0.4, -0.2) is 15.5 Å². The van der Waals surface area contributed by atoms with Crippen molar-refractivity contribution in [3.05, 3.63) is 45.3 Å². The third kappa shape index (κ3) is 4.41. The summed E-state index contributed by atoms with van der Waals surface area (Å²) in [4.78, 5) is 27.7. The summed E-state index contributed by atoms with van der Waals surface area (Å²) in [6.07, 6.45) is -3.95. The van der Waals surface area contributed by atoms with E-state index < -0.39 is 29.8 Å². The Kier molecular flexibility index (Phi) is 4.88. The molecule has 0 aromatic carbocycles. The summed E-state index contributed by atoms with van der Waals surface area (Å²) in [7, 11) is 0. The zero-order valence-electron chi connectivity index (χ0n) is 12.3. The molecule has 2 heterocycles. The minimum absolute atomic E-state index is 0.197. The van der Waals surface area contributed by atoms with Crippen LogP contribution in [0.3, 0.4) is 0 Å². The van der Waals surface area contributed by atoms with Gasteiger partial charge in [-0.15, -0.1) is 11.3 Å². The third-order valence-electron chi connectivity index (χ3n) is 2.98. The minimum atomic E-state index is -4.58. The predicted octanol–water partition coefficient (Wildman–Crippen LogP) is 3.09. The highest BCUT2D eigenvalue weighted by Crippen LogP contribution is 2.28. The Labute approximate surface area is 133 Å². The number of nitrogens with one attached hydrogen (secondary N) is 1. The number of pyridine rings is 1. The molecule has 0 radical (unpaired) electrons. The van der Waals surface area contributed by atoms with Crippen LogP contribution in [0.15, 0.2) is 28.5 Å². The molecule has 2 aromatic heterocycles. The molecular formula is C14H14F3N3O2S. The second-order valence-corrected chi connectivity index (χ2v) is 6.02. The minimum Gasteiger partial charge on any atom is -0.305 e. The summed E-state index contributed by atoms with van der Waals surface area (Å²) < 4.78 is 38.6. The molecule has 5 nitrogen and oxygen atoms in total. The molecule has 0 unspecified atom stereocenters. The zero-order chi connectivity index (χ0) is 17.2. The maximum Gasteiger partial charge on any atom is 0.417 e. The number of halogens is 3. The van der Waals surface area contributed by atoms with Crippen molar-refractivity contribution in [1.29, 1.82) is 0 Å². The number of thiazole rings is 1. The number of amides is 1. The van der Waals surface area contributed by atoms with Crippen molar-refractivity contribution in [2.45, 2.75) is 32.5 Å². The van der Waals surface area contributed by atoms with Crippen LogP contribution in [0, 0.1) is 0 Å². The molecule has 1 amide bonds. The first-order valence-corrected chi connectivity index (χ1v) is 7.57. The first-order chi connectivity index (χ1) is 10.7. The highest BCUT2D eigenvalue weighted by atomic mass is 32.1. The number of hydrogen-bond donors (Lipinski definition) is 1. The number of rotatable bonds is 4. The van der Waals surface area contributed by atoms with Crippen molar-refractivity contribution in [3.8, 4) is 0 Å². The summed E-state index contributed by atoms with van der Waals surface area (Å²) in [5.74, 6) is -0.418. The largest absolute Gasteiger partial charge is 0.417 e. The lowest BCUT2D eigenvalue weighted by molar-refractivity contribution is -0.138. The van der Waals surface area contributed by atoms with E-state index in [2.05, 4.69) is 10.3 Å². The molecule has 0 fully saturated rings. The van der Waals surface area contributed by atoms with Gasteiger partial charge in [-0.05, 0) is 12.0 Å². The van der Waals surface area contributed by atoms with Gasteiger partial charge in [0, 0.05) is 17.6 Å². The fourth-order valence-electron chi connectivity index (χ4n) is 1.74. The second-order valence-electron chi connectivity index (χ2n) is 5.16. The molecule has 0 bridgehead atoms. The van der Waals surface area contributed by atoms with Crippen LogP contribution in [0.2, 0.25) is 0 Å². The molecule has 0 atom stereocenters. The van der Waals surface area contributed by atoms with E-state index in [1.807, 2.05) is 13.8 Å². The van der Waals surface area contributed by atoms with Crippen molar-refractivity contribution in [3.63, 3.8) is 0 Å². The molecule has 0 saturated carbocycles. The van der Waals surface area contributed by atoms with Crippen molar-refractivity contribution in [1.82, 2.24) is 9.55 Å². The normalized spacial score (nSPS) is 11.7. The van der Waals surface area contributed by atoms with E-state index in [9.17, 15) is 22.8 Å². The van der Waals surface area contributed by atoms with Gasteiger partial charge in [0.25, 0.3) is 5.56 Å². The quantitative estimate of drug-likeness (QED) is 0.926. The summed E-state index contributed by atoms with van der Waals surface area (Å²) in [5.41, 5.74) is -0.863. The maximum absolute atomic E-state index is 12.6. The van der Waals surface area contributed by atoms with Gasteiger partial charge in [-0.3, -0.25) is 9.59 Å². The van der Waals surface area contributed by atoms with E-state index in [1.165, 1.54) is 11.3 Å². The van der Waals surface area contributed by atoms with Crippen LogP contribution in [0.25, 0.3) is 0 Å². The van der Waals surface area contributed by atoms with Gasteiger partial charge in [0.1, 0.15) is 6.54 Å². The fraction of sp³-hybridized carbons (Fsp3) is 0.357. The molecular weight excluding hydrogens is 331 g/mol. The Balaban J connectivity index is 2.12. The molecule has 23 heavy (non-hydrogen) atoms. The van der Waals surface area contributed by atoms with E-state index in [0.29, 0.717) is 17.4 Å². The average Bonchev–Trinajstić information content (AvgIpc) is 2.88. The molecule has 1 N–H and O–H groups in total. The fourth-order valence-corrected chi connectivity index (χ4v) is 2.63. The molecule has 0 saturated heterocycles. The Hall–Kier alpha value is -2.16. The van der Waals surface area contributed by atoms with Crippen molar-refractivity contribution in [2.24, 2.45) is 0 Å². The van der Waals surface area contributed by atoms with Gasteiger partial charge in [0.15, 0.2) is 5.13 Å². The first-order valence-electron chi connectivity index (χ1n) is 6.70. The number of alkyl halides is 3. The predicted molar refractivity (Wildman–Crippen MR) is 80.5 cm³/mol. The number of carbonyl (C=O) groups is 1. The summed E-state index contributed by atoms with van der Waals surface area (Å²) in [6.45, 7) is 3.38. The van der Waals surface area contributed by atoms with Gasteiger partial charge < -0.3 is 9.88 Å². The van der Waals surface area contributed by atoms with E-state index in [0.717, 1.165) is 16.3 Å². The van der Waals surface area contributed by atoms with Crippen molar-refractivity contribution < 1.29 is 18.0 Å². The lowest BCUT2D eigenvalue weighted by atomic mass is 10.2. The standard InChI is InChI=1S/C14H14F3N3O2S/c1-8(2)10-7-23-13(18-10)19-11(21)6-20-5-9(14(15,16)17)3-4-12(20)22/h3-5,7-8H,6H2,1-2H3,(H,18,19,21). The highest BCUT2D eigenvalue weighted by molar-refractivity contribution is 7.13. The van der Waals surface area contributed by atoms with Crippen LogP contribution in [0.5, 0.6) is 0 Å². The SMILES string of the molecule is CC(C)c1csc(NC(=O)Cn2cc(C(F)(F)F)ccc2=O)n1. The number of nitrogens with zero attached hydrogens (tertiary/aromatic N) is 2. The molecule has 2 aromatic rings. The molecule has 124 valence electrons. The maximum atomic E-state index is 12.6. The van der Waals surface area contributed by atoms with Crippen molar-refractivity contribution in [2.75, 3.05) is 5.32 Å². The smallest absolute Gasteiger partial charge is 0.305 e. The third-order valence-corrected chi connectivity index (χ3v) is 3.76. The van der Waals surface area contributed by atoms with Crippen molar-refractivity contribution >= 4 is 22.4 Å². The number of aromatic nitrogens is 2. The topological polar surface area (TPSA) is 64.0 Å². The van der Waals surface area contributed by atoms with Crippen LogP contribution >= 0.6 is 11.3 Å². The van der Waals surface area contributed by atoms with Crippen LogP contribution in [0.1, 0.15) is 31.0 Å². The highest BCUT2D eigenvalue weighted by Gasteiger charge is 2.31. The second kappa shape index (κ2) is 6.53. The molecule has 0 aliphatic carbocycles. The van der Waals surface area contributed by atoms with E-state index in [1.54, 1.807) is 5.38 Å². The zero-order valence-corrected chi connectivity index (χ0v) is 13.2. The van der Waals surface area contributed by atoms with Crippen LogP contribution < -0.4 is 10.9 Å². The molecule has 0 aliphatic heterocycles. The summed E-state index contributed by atoms with van der Waals surface area (Å²) >= 11 is 1.22. The Morgan fingerprint density at radius 2 is 2.09 bits per heavy atom. The number of hydrogen-bond acceptors (Lipinski definition) is 4. The van der Waals surface area contributed by atoms with E-state index >= 15 is 0 Å². The van der Waals surface area contributed by atoms with Crippen LogP contribution in [-0.2, 0) is 17.5 Å². The molecule has 0 spiro atoms. The molecule has 9 heteroatoms. The number of carbonyl (C=O) groups excluding carboxylic acids is 1. The number of anilines is 1. The first kappa shape index (κ1) is 17.2. The monoisotopic (exact) mass is 345 g/mol. The lowest BCUT2D eigenvalue weighted by Crippen LogP contribution is -2.28. The Morgan fingerprint density at radius 1 is 1.39 bits per heavy atom. The average molecular weight is 345 g/mol. The Morgan fingerprint density at radius 3 is 2.65 bits per heavy atom. The Bertz CT molecular complexity index is 765. The van der Waals surface area contributed by atoms with Crippen LogP contribution in [0.4, 0.5) is 18.3 Å². The molecule has 2 rings (SSSR count). The summed E-state index contributed by atoms with van der Waals surface area (Å²) in [6, 6.07) is 1.48.